The van der Waals surface area contributed by atoms with Gasteiger partial charge < -0.3 is 4.42 Å². The van der Waals surface area contributed by atoms with E-state index in [0.717, 1.165) is 16.5 Å². The van der Waals surface area contributed by atoms with Crippen LogP contribution in [0.15, 0.2) is 63.1 Å². The molecule has 2 heterocycles. The molecule has 3 nitrogen and oxygen atoms in total. The van der Waals surface area contributed by atoms with E-state index in [0.29, 0.717) is 26.3 Å². The zero-order valence-corrected chi connectivity index (χ0v) is 14.5. The lowest BCUT2D eigenvalue weighted by molar-refractivity contribution is 0.563. The molecule has 0 atom stereocenters. The lowest BCUT2D eigenvalue weighted by Crippen LogP contribution is -2.02. The van der Waals surface area contributed by atoms with Crippen LogP contribution in [-0.4, -0.2) is 4.98 Å². The summed E-state index contributed by atoms with van der Waals surface area (Å²) < 4.78 is 5.41. The van der Waals surface area contributed by atoms with Gasteiger partial charge >= 0.3 is 5.63 Å². The molecule has 0 amide bonds. The molecule has 0 aliphatic carbocycles. The van der Waals surface area contributed by atoms with Crippen LogP contribution in [0.3, 0.4) is 0 Å². The Kier molecular flexibility index (Phi) is 3.88. The first-order valence-corrected chi connectivity index (χ1v) is 8.69. The Bertz CT molecular complexity index is 1100. The number of halogens is 2. The SMILES string of the molecule is O=c1oc2c(Cl)cc(-c3ccccc3)cc2cc1-c1nc(Cl)cs1. The van der Waals surface area contributed by atoms with Gasteiger partial charge in [-0.15, -0.1) is 11.3 Å². The van der Waals surface area contributed by atoms with Gasteiger partial charge in [0, 0.05) is 10.8 Å². The van der Waals surface area contributed by atoms with Crippen molar-refractivity contribution in [2.24, 2.45) is 0 Å². The molecule has 0 N–H and O–H groups in total. The average molecular weight is 374 g/mol. The molecule has 0 unspecified atom stereocenters. The maximum atomic E-state index is 12.2. The van der Waals surface area contributed by atoms with Crippen LogP contribution >= 0.6 is 34.5 Å². The highest BCUT2D eigenvalue weighted by atomic mass is 35.5. The first-order valence-electron chi connectivity index (χ1n) is 7.06. The largest absolute Gasteiger partial charge is 0.421 e. The number of rotatable bonds is 2. The second-order valence-corrected chi connectivity index (χ2v) is 6.82. The van der Waals surface area contributed by atoms with Gasteiger partial charge in [-0.05, 0) is 29.3 Å². The summed E-state index contributed by atoms with van der Waals surface area (Å²) in [4.78, 5) is 16.4. The molecule has 0 radical (unpaired) electrons. The van der Waals surface area contributed by atoms with Crippen molar-refractivity contribution < 1.29 is 4.42 Å². The molecule has 4 rings (SSSR count). The van der Waals surface area contributed by atoms with Gasteiger partial charge in [0.15, 0.2) is 5.58 Å². The van der Waals surface area contributed by atoms with Crippen molar-refractivity contribution in [2.45, 2.75) is 0 Å². The van der Waals surface area contributed by atoms with E-state index >= 15 is 0 Å². The maximum absolute atomic E-state index is 12.2. The summed E-state index contributed by atoms with van der Waals surface area (Å²) in [5.41, 5.74) is 2.24. The average Bonchev–Trinajstić information content (AvgIpc) is 3.02. The first kappa shape index (κ1) is 15.4. The van der Waals surface area contributed by atoms with E-state index in [-0.39, 0.29) is 0 Å². The third kappa shape index (κ3) is 2.73. The van der Waals surface area contributed by atoms with Gasteiger partial charge in [-0.2, -0.15) is 0 Å². The van der Waals surface area contributed by atoms with Crippen LogP contribution in [0.1, 0.15) is 0 Å². The fourth-order valence-electron chi connectivity index (χ4n) is 2.52. The van der Waals surface area contributed by atoms with Gasteiger partial charge in [0.1, 0.15) is 10.2 Å². The monoisotopic (exact) mass is 373 g/mol. The summed E-state index contributed by atoms with van der Waals surface area (Å²) in [7, 11) is 0. The third-order valence-corrected chi connectivity index (χ3v) is 5.08. The molecule has 118 valence electrons. The van der Waals surface area contributed by atoms with Crippen molar-refractivity contribution in [1.82, 2.24) is 4.98 Å². The minimum absolute atomic E-state index is 0.352. The molecular formula is C18H9Cl2NO2S. The van der Waals surface area contributed by atoms with E-state index in [4.69, 9.17) is 27.6 Å². The van der Waals surface area contributed by atoms with Crippen molar-refractivity contribution >= 4 is 45.5 Å². The molecule has 2 aromatic heterocycles. The quantitative estimate of drug-likeness (QED) is 0.411. The van der Waals surface area contributed by atoms with Crippen LogP contribution in [0.4, 0.5) is 0 Å². The summed E-state index contributed by atoms with van der Waals surface area (Å²) in [5, 5.41) is 3.69. The van der Waals surface area contributed by atoms with E-state index in [1.807, 2.05) is 36.4 Å². The lowest BCUT2D eigenvalue weighted by Gasteiger charge is -2.06. The van der Waals surface area contributed by atoms with Crippen LogP contribution in [0.5, 0.6) is 0 Å². The normalized spacial score (nSPS) is 11.1. The molecule has 0 aliphatic rings. The predicted molar refractivity (Wildman–Crippen MR) is 99.0 cm³/mol. The number of benzene rings is 2. The summed E-state index contributed by atoms with van der Waals surface area (Å²) in [6.45, 7) is 0. The Labute approximate surface area is 151 Å². The molecular weight excluding hydrogens is 365 g/mol. The highest BCUT2D eigenvalue weighted by Crippen LogP contribution is 2.32. The van der Waals surface area contributed by atoms with E-state index in [9.17, 15) is 4.79 Å². The molecule has 0 spiro atoms. The Morgan fingerprint density at radius 2 is 1.79 bits per heavy atom. The summed E-state index contributed by atoms with van der Waals surface area (Å²) in [6, 6.07) is 15.4. The zero-order valence-electron chi connectivity index (χ0n) is 12.1. The fourth-order valence-corrected chi connectivity index (χ4v) is 3.73. The summed E-state index contributed by atoms with van der Waals surface area (Å²) >= 11 is 13.5. The zero-order chi connectivity index (χ0) is 16.7. The van der Waals surface area contributed by atoms with Gasteiger partial charge in [-0.25, -0.2) is 9.78 Å². The molecule has 0 bridgehead atoms. The van der Waals surface area contributed by atoms with E-state index in [1.54, 1.807) is 17.5 Å². The van der Waals surface area contributed by atoms with Crippen LogP contribution in [0, 0.1) is 0 Å². The number of fused-ring (bicyclic) bond motifs is 1. The highest BCUT2D eigenvalue weighted by Gasteiger charge is 2.14. The minimum atomic E-state index is -0.483. The Balaban J connectivity index is 1.96. The van der Waals surface area contributed by atoms with E-state index in [2.05, 4.69) is 4.98 Å². The van der Waals surface area contributed by atoms with Gasteiger partial charge in [-0.1, -0.05) is 53.5 Å². The van der Waals surface area contributed by atoms with Crippen LogP contribution < -0.4 is 5.63 Å². The van der Waals surface area contributed by atoms with Crippen molar-refractivity contribution in [2.75, 3.05) is 0 Å². The standard InChI is InChI=1S/C18H9Cl2NO2S/c19-14-8-11(10-4-2-1-3-5-10)6-12-7-13(18(22)23-16(12)14)17-21-15(20)9-24-17/h1-9H. The predicted octanol–water partition coefficient (Wildman–Crippen LogP) is 5.89. The molecule has 0 saturated carbocycles. The Hall–Kier alpha value is -2.14. The smallest absolute Gasteiger partial charge is 0.346 e. The van der Waals surface area contributed by atoms with E-state index < -0.39 is 5.63 Å². The Morgan fingerprint density at radius 1 is 1.00 bits per heavy atom. The van der Waals surface area contributed by atoms with Gasteiger partial charge in [0.05, 0.1) is 10.6 Å². The first-order chi connectivity index (χ1) is 11.6. The lowest BCUT2D eigenvalue weighted by atomic mass is 10.0. The van der Waals surface area contributed by atoms with Crippen LogP contribution in [0.25, 0.3) is 32.7 Å². The number of nitrogens with zero attached hydrogens (tertiary/aromatic N) is 1. The Morgan fingerprint density at radius 3 is 2.50 bits per heavy atom. The van der Waals surface area contributed by atoms with Crippen molar-refractivity contribution in [1.29, 1.82) is 0 Å². The number of hydrogen-bond acceptors (Lipinski definition) is 4. The van der Waals surface area contributed by atoms with Crippen LogP contribution in [-0.2, 0) is 0 Å². The maximum Gasteiger partial charge on any atom is 0.346 e. The van der Waals surface area contributed by atoms with Crippen LogP contribution in [0.2, 0.25) is 10.2 Å². The molecule has 24 heavy (non-hydrogen) atoms. The third-order valence-electron chi connectivity index (χ3n) is 3.60. The topological polar surface area (TPSA) is 43.1 Å². The highest BCUT2D eigenvalue weighted by molar-refractivity contribution is 7.13. The molecule has 0 aliphatic heterocycles. The number of aromatic nitrogens is 1. The van der Waals surface area contributed by atoms with Gasteiger partial charge in [0.25, 0.3) is 0 Å². The van der Waals surface area contributed by atoms with E-state index in [1.165, 1.54) is 11.3 Å². The van der Waals surface area contributed by atoms with Crippen molar-refractivity contribution in [3.63, 3.8) is 0 Å². The number of hydrogen-bond donors (Lipinski definition) is 0. The minimum Gasteiger partial charge on any atom is -0.421 e. The second-order valence-electron chi connectivity index (χ2n) is 5.17. The number of thiazole rings is 1. The molecule has 6 heteroatoms. The summed E-state index contributed by atoms with van der Waals surface area (Å²) in [6.07, 6.45) is 0. The van der Waals surface area contributed by atoms with Crippen molar-refractivity contribution in [3.05, 3.63) is 74.5 Å². The second kappa shape index (κ2) is 6.06. The fraction of sp³-hybridized carbons (Fsp3) is 0. The molecule has 0 fully saturated rings. The summed E-state index contributed by atoms with van der Waals surface area (Å²) in [5.74, 6) is 0. The van der Waals surface area contributed by atoms with Crippen molar-refractivity contribution in [3.8, 4) is 21.7 Å². The van der Waals surface area contributed by atoms with Gasteiger partial charge in [0.2, 0.25) is 0 Å². The molecule has 0 saturated heterocycles. The van der Waals surface area contributed by atoms with Gasteiger partial charge in [-0.3, -0.25) is 0 Å². The molecule has 4 aromatic rings. The molecule has 2 aromatic carbocycles.